The van der Waals surface area contributed by atoms with E-state index in [-0.39, 0.29) is 5.56 Å². The summed E-state index contributed by atoms with van der Waals surface area (Å²) in [4.78, 5) is 16.4. The van der Waals surface area contributed by atoms with Gasteiger partial charge in [-0.25, -0.2) is 9.78 Å². The average molecular weight is 366 g/mol. The van der Waals surface area contributed by atoms with Crippen molar-refractivity contribution in [3.8, 4) is 22.6 Å². The zero-order valence-electron chi connectivity index (χ0n) is 14.7. The first-order valence-corrected chi connectivity index (χ1v) is 8.79. The average Bonchev–Trinajstić information content (AvgIpc) is 3.16. The number of carboxylic acid groups (broad SMARTS) is 1. The third-order valence-electron chi connectivity index (χ3n) is 4.75. The van der Waals surface area contributed by atoms with E-state index in [1.54, 1.807) is 12.1 Å². The lowest BCUT2D eigenvalue weighted by atomic mass is 10.0. The third-order valence-corrected chi connectivity index (χ3v) is 4.75. The highest BCUT2D eigenvalue weighted by molar-refractivity contribution is 6.04. The quantitative estimate of drug-likeness (QED) is 0.462. The standard InChI is InChI=1S/C23H14N2O3/c26-23(27)17-13-21(24-19-9-5-4-8-16(17)19)15-10-11-20-18(12-15)22(28-25-20)14-6-2-1-3-7-14/h1-13H,(H,26,27). The Labute approximate surface area is 159 Å². The maximum absolute atomic E-state index is 11.8. The van der Waals surface area contributed by atoms with Gasteiger partial charge in [-0.2, -0.15) is 0 Å². The Morgan fingerprint density at radius 3 is 2.39 bits per heavy atom. The maximum atomic E-state index is 11.8. The van der Waals surface area contributed by atoms with Crippen molar-refractivity contribution in [2.75, 3.05) is 0 Å². The molecular formula is C23H14N2O3. The van der Waals surface area contributed by atoms with Gasteiger partial charge in [0.15, 0.2) is 5.76 Å². The maximum Gasteiger partial charge on any atom is 0.336 e. The normalized spacial score (nSPS) is 11.1. The molecule has 0 fully saturated rings. The zero-order valence-corrected chi connectivity index (χ0v) is 14.7. The van der Waals surface area contributed by atoms with Crippen LogP contribution < -0.4 is 0 Å². The molecule has 0 atom stereocenters. The van der Waals surface area contributed by atoms with Gasteiger partial charge < -0.3 is 9.63 Å². The number of pyridine rings is 1. The molecule has 0 aliphatic carbocycles. The van der Waals surface area contributed by atoms with Crippen molar-refractivity contribution in [1.82, 2.24) is 10.1 Å². The molecule has 2 aromatic heterocycles. The van der Waals surface area contributed by atoms with Gasteiger partial charge in [0.1, 0.15) is 5.52 Å². The second-order valence-electron chi connectivity index (χ2n) is 6.49. The lowest BCUT2D eigenvalue weighted by Gasteiger charge is -2.07. The van der Waals surface area contributed by atoms with E-state index < -0.39 is 5.97 Å². The van der Waals surface area contributed by atoms with Crippen molar-refractivity contribution in [2.45, 2.75) is 0 Å². The summed E-state index contributed by atoms with van der Waals surface area (Å²) in [6.07, 6.45) is 0. The number of carboxylic acids is 1. The number of carbonyl (C=O) groups is 1. The number of hydrogen-bond acceptors (Lipinski definition) is 4. The van der Waals surface area contributed by atoms with Crippen LogP contribution in [0.3, 0.4) is 0 Å². The van der Waals surface area contributed by atoms with Gasteiger partial charge in [0, 0.05) is 16.5 Å². The van der Waals surface area contributed by atoms with Crippen molar-refractivity contribution in [3.63, 3.8) is 0 Å². The van der Waals surface area contributed by atoms with Gasteiger partial charge in [0.25, 0.3) is 0 Å². The number of fused-ring (bicyclic) bond motifs is 2. The summed E-state index contributed by atoms with van der Waals surface area (Å²) in [7, 11) is 0. The van der Waals surface area contributed by atoms with Crippen LogP contribution in [0.15, 0.2) is 83.4 Å². The smallest absolute Gasteiger partial charge is 0.336 e. The van der Waals surface area contributed by atoms with Crippen LogP contribution in [0.5, 0.6) is 0 Å². The lowest BCUT2D eigenvalue weighted by Crippen LogP contribution is -2.00. The highest BCUT2D eigenvalue weighted by Crippen LogP contribution is 2.32. The molecular weight excluding hydrogens is 352 g/mol. The van der Waals surface area contributed by atoms with Crippen LogP contribution in [-0.2, 0) is 0 Å². The Kier molecular flexibility index (Phi) is 3.66. The molecule has 2 heterocycles. The lowest BCUT2D eigenvalue weighted by molar-refractivity contribution is 0.0699. The molecule has 0 bridgehead atoms. The van der Waals surface area contributed by atoms with E-state index in [1.165, 1.54) is 0 Å². The van der Waals surface area contributed by atoms with E-state index in [2.05, 4.69) is 10.1 Å². The molecule has 0 saturated carbocycles. The first-order valence-electron chi connectivity index (χ1n) is 8.79. The highest BCUT2D eigenvalue weighted by atomic mass is 16.5. The molecule has 3 aromatic carbocycles. The van der Waals surface area contributed by atoms with Gasteiger partial charge in [0.2, 0.25) is 0 Å². The van der Waals surface area contributed by atoms with E-state index in [9.17, 15) is 9.90 Å². The van der Waals surface area contributed by atoms with Crippen LogP contribution in [0.2, 0.25) is 0 Å². The molecule has 5 nitrogen and oxygen atoms in total. The molecule has 1 N–H and O–H groups in total. The van der Waals surface area contributed by atoms with Gasteiger partial charge in [0.05, 0.1) is 22.2 Å². The summed E-state index contributed by atoms with van der Waals surface area (Å²) < 4.78 is 5.56. The van der Waals surface area contributed by atoms with Crippen molar-refractivity contribution >= 4 is 27.8 Å². The van der Waals surface area contributed by atoms with Crippen LogP contribution in [0, 0.1) is 0 Å². The van der Waals surface area contributed by atoms with Crippen LogP contribution in [-0.4, -0.2) is 21.2 Å². The fourth-order valence-corrected chi connectivity index (χ4v) is 3.40. The molecule has 0 aliphatic heterocycles. The van der Waals surface area contributed by atoms with E-state index in [0.29, 0.717) is 22.4 Å². The Morgan fingerprint density at radius 2 is 1.57 bits per heavy atom. The van der Waals surface area contributed by atoms with Crippen molar-refractivity contribution in [3.05, 3.63) is 84.4 Å². The minimum Gasteiger partial charge on any atom is -0.478 e. The minimum atomic E-state index is -0.976. The Morgan fingerprint density at radius 1 is 0.786 bits per heavy atom. The molecule has 5 aromatic rings. The molecule has 0 aliphatic rings. The van der Waals surface area contributed by atoms with E-state index >= 15 is 0 Å². The summed E-state index contributed by atoms with van der Waals surface area (Å²) in [5, 5.41) is 15.2. The number of aromatic nitrogens is 2. The Balaban J connectivity index is 1.73. The van der Waals surface area contributed by atoms with E-state index in [4.69, 9.17) is 4.52 Å². The van der Waals surface area contributed by atoms with Gasteiger partial charge in [-0.1, -0.05) is 59.8 Å². The Bertz CT molecular complexity index is 1340. The first kappa shape index (κ1) is 16.2. The largest absolute Gasteiger partial charge is 0.478 e. The molecule has 0 saturated heterocycles. The van der Waals surface area contributed by atoms with Gasteiger partial charge in [-0.3, -0.25) is 0 Å². The SMILES string of the molecule is O=C(O)c1cc(-c2ccc3noc(-c4ccccc4)c3c2)nc2ccccc12. The number of hydrogen-bond donors (Lipinski definition) is 1. The highest BCUT2D eigenvalue weighted by Gasteiger charge is 2.15. The number of rotatable bonds is 3. The number of benzene rings is 3. The number of para-hydroxylation sites is 1. The molecule has 0 amide bonds. The number of nitrogens with zero attached hydrogens (tertiary/aromatic N) is 2. The summed E-state index contributed by atoms with van der Waals surface area (Å²) in [6, 6.07) is 24.3. The summed E-state index contributed by atoms with van der Waals surface area (Å²) >= 11 is 0. The van der Waals surface area contributed by atoms with Gasteiger partial charge >= 0.3 is 5.97 Å². The van der Waals surface area contributed by atoms with Crippen LogP contribution in [0.4, 0.5) is 0 Å². The van der Waals surface area contributed by atoms with Gasteiger partial charge in [-0.05, 0) is 24.3 Å². The summed E-state index contributed by atoms with van der Waals surface area (Å²) in [5.74, 6) is -0.299. The summed E-state index contributed by atoms with van der Waals surface area (Å²) in [5.41, 5.74) is 3.95. The van der Waals surface area contributed by atoms with E-state index in [0.717, 1.165) is 22.0 Å². The van der Waals surface area contributed by atoms with E-state index in [1.807, 2.05) is 66.7 Å². The monoisotopic (exact) mass is 366 g/mol. The second kappa shape index (κ2) is 6.32. The van der Waals surface area contributed by atoms with Crippen molar-refractivity contribution in [2.24, 2.45) is 0 Å². The minimum absolute atomic E-state index is 0.231. The Hall–Kier alpha value is -3.99. The van der Waals surface area contributed by atoms with Crippen LogP contribution in [0.25, 0.3) is 44.4 Å². The first-order chi connectivity index (χ1) is 13.7. The number of aromatic carboxylic acids is 1. The molecule has 5 heteroatoms. The fraction of sp³-hybridized carbons (Fsp3) is 0. The molecule has 0 spiro atoms. The zero-order chi connectivity index (χ0) is 19.1. The van der Waals surface area contributed by atoms with Crippen LogP contribution >= 0.6 is 0 Å². The predicted molar refractivity (Wildman–Crippen MR) is 107 cm³/mol. The molecule has 0 radical (unpaired) electrons. The van der Waals surface area contributed by atoms with Crippen molar-refractivity contribution < 1.29 is 14.4 Å². The summed E-state index contributed by atoms with van der Waals surface area (Å²) in [6.45, 7) is 0. The molecule has 28 heavy (non-hydrogen) atoms. The topological polar surface area (TPSA) is 76.2 Å². The predicted octanol–water partition coefficient (Wildman–Crippen LogP) is 5.41. The molecule has 134 valence electrons. The van der Waals surface area contributed by atoms with Crippen LogP contribution in [0.1, 0.15) is 10.4 Å². The fourth-order valence-electron chi connectivity index (χ4n) is 3.40. The third kappa shape index (κ3) is 2.61. The molecule has 5 rings (SSSR count). The van der Waals surface area contributed by atoms with Crippen molar-refractivity contribution in [1.29, 1.82) is 0 Å². The second-order valence-corrected chi connectivity index (χ2v) is 6.49. The van der Waals surface area contributed by atoms with Gasteiger partial charge in [-0.15, -0.1) is 0 Å². The molecule has 0 unspecified atom stereocenters.